The average molecular weight is 331 g/mol. The molecule has 0 atom stereocenters. The van der Waals surface area contributed by atoms with Crippen molar-refractivity contribution in [2.24, 2.45) is 0 Å². The Bertz CT molecular complexity index is 1020. The minimum atomic E-state index is -0.998. The van der Waals surface area contributed by atoms with Gasteiger partial charge < -0.3 is 14.1 Å². The zero-order valence-corrected chi connectivity index (χ0v) is 13.0. The second-order valence-corrected chi connectivity index (χ2v) is 5.44. The fourth-order valence-corrected chi connectivity index (χ4v) is 2.52. The van der Waals surface area contributed by atoms with Crippen molar-refractivity contribution in [3.05, 3.63) is 78.6 Å². The topological polar surface area (TPSA) is 81.1 Å². The smallest absolute Gasteiger partial charge is 0.335 e. The van der Waals surface area contributed by atoms with Crippen LogP contribution in [0.1, 0.15) is 10.4 Å². The molecule has 0 unspecified atom stereocenters. The predicted molar refractivity (Wildman–Crippen MR) is 91.5 cm³/mol. The lowest BCUT2D eigenvalue weighted by molar-refractivity contribution is 0.0697. The van der Waals surface area contributed by atoms with Crippen LogP contribution in [0.25, 0.3) is 28.6 Å². The summed E-state index contributed by atoms with van der Waals surface area (Å²) in [5, 5.41) is 17.2. The molecule has 0 amide bonds. The van der Waals surface area contributed by atoms with Crippen LogP contribution in [0.4, 0.5) is 0 Å². The predicted octanol–water partition coefficient (Wildman–Crippen LogP) is 3.89. The molecule has 0 radical (unpaired) electrons. The molecule has 0 aliphatic carbocycles. The van der Waals surface area contributed by atoms with Crippen molar-refractivity contribution in [3.8, 4) is 28.6 Å². The Morgan fingerprint density at radius 3 is 2.24 bits per heavy atom. The van der Waals surface area contributed by atoms with E-state index < -0.39 is 5.97 Å². The maximum atomic E-state index is 11.1. The minimum absolute atomic E-state index is 0.174. The number of aromatic carboxylic acids is 1. The van der Waals surface area contributed by atoms with E-state index in [1.807, 2.05) is 53.4 Å². The summed E-state index contributed by atoms with van der Waals surface area (Å²) < 4.78 is 7.70. The molecule has 0 saturated heterocycles. The van der Waals surface area contributed by atoms with E-state index >= 15 is 0 Å². The SMILES string of the molecule is O=C(O)c1cccc(-c2nnc(-c3ccc(-n4cccc4)cc3)o2)c1. The van der Waals surface area contributed by atoms with Gasteiger partial charge in [0.2, 0.25) is 11.8 Å². The number of hydrogen-bond acceptors (Lipinski definition) is 4. The molecule has 0 bridgehead atoms. The van der Waals surface area contributed by atoms with Crippen LogP contribution in [0.2, 0.25) is 0 Å². The number of hydrogen-bond donors (Lipinski definition) is 1. The summed E-state index contributed by atoms with van der Waals surface area (Å²) in [6.45, 7) is 0. The van der Waals surface area contributed by atoms with Gasteiger partial charge in [-0.25, -0.2) is 4.79 Å². The molecule has 0 aliphatic rings. The third-order valence-electron chi connectivity index (χ3n) is 3.80. The normalized spacial score (nSPS) is 10.7. The van der Waals surface area contributed by atoms with Crippen LogP contribution in [-0.2, 0) is 0 Å². The molecular formula is C19H13N3O3. The summed E-state index contributed by atoms with van der Waals surface area (Å²) >= 11 is 0. The minimum Gasteiger partial charge on any atom is -0.478 e. The first-order valence-corrected chi connectivity index (χ1v) is 7.62. The highest BCUT2D eigenvalue weighted by molar-refractivity contribution is 5.89. The fourth-order valence-electron chi connectivity index (χ4n) is 2.52. The van der Waals surface area contributed by atoms with Crippen LogP contribution in [-0.4, -0.2) is 25.8 Å². The molecule has 6 nitrogen and oxygen atoms in total. The largest absolute Gasteiger partial charge is 0.478 e. The number of aromatic nitrogens is 3. The van der Waals surface area contributed by atoms with E-state index in [-0.39, 0.29) is 11.5 Å². The van der Waals surface area contributed by atoms with Gasteiger partial charge in [0.05, 0.1) is 5.56 Å². The van der Waals surface area contributed by atoms with Gasteiger partial charge in [-0.15, -0.1) is 10.2 Å². The van der Waals surface area contributed by atoms with Gasteiger partial charge in [0.1, 0.15) is 0 Å². The molecule has 4 aromatic rings. The molecule has 0 spiro atoms. The highest BCUT2D eigenvalue weighted by Crippen LogP contribution is 2.25. The Balaban J connectivity index is 1.63. The molecule has 0 fully saturated rings. The van der Waals surface area contributed by atoms with Crippen molar-refractivity contribution < 1.29 is 14.3 Å². The van der Waals surface area contributed by atoms with Gasteiger partial charge in [0.25, 0.3) is 0 Å². The Morgan fingerprint density at radius 2 is 1.56 bits per heavy atom. The van der Waals surface area contributed by atoms with Crippen LogP contribution in [0.3, 0.4) is 0 Å². The van der Waals surface area contributed by atoms with E-state index in [9.17, 15) is 4.79 Å². The van der Waals surface area contributed by atoms with Gasteiger partial charge in [0.15, 0.2) is 0 Å². The first-order chi connectivity index (χ1) is 12.2. The highest BCUT2D eigenvalue weighted by atomic mass is 16.4. The Labute approximate surface area is 143 Å². The van der Waals surface area contributed by atoms with Crippen LogP contribution in [0.5, 0.6) is 0 Å². The van der Waals surface area contributed by atoms with E-state index in [0.29, 0.717) is 11.5 Å². The monoisotopic (exact) mass is 331 g/mol. The van der Waals surface area contributed by atoms with Gasteiger partial charge in [-0.05, 0) is 54.6 Å². The van der Waals surface area contributed by atoms with Crippen molar-refractivity contribution in [3.63, 3.8) is 0 Å². The first kappa shape index (κ1) is 14.9. The quantitative estimate of drug-likeness (QED) is 0.613. The number of nitrogens with zero attached hydrogens (tertiary/aromatic N) is 3. The lowest BCUT2D eigenvalue weighted by atomic mass is 10.1. The summed E-state index contributed by atoms with van der Waals surface area (Å²) in [6, 6.07) is 18.1. The van der Waals surface area contributed by atoms with E-state index in [4.69, 9.17) is 9.52 Å². The molecule has 2 aromatic carbocycles. The van der Waals surface area contributed by atoms with Gasteiger partial charge in [-0.3, -0.25) is 0 Å². The van der Waals surface area contributed by atoms with Gasteiger partial charge in [-0.2, -0.15) is 0 Å². The summed E-state index contributed by atoms with van der Waals surface area (Å²) in [7, 11) is 0. The van der Waals surface area contributed by atoms with Gasteiger partial charge in [-0.1, -0.05) is 6.07 Å². The van der Waals surface area contributed by atoms with E-state index in [2.05, 4.69) is 10.2 Å². The number of carbonyl (C=O) groups is 1. The second-order valence-electron chi connectivity index (χ2n) is 5.44. The van der Waals surface area contributed by atoms with Crippen LogP contribution < -0.4 is 0 Å². The van der Waals surface area contributed by atoms with Crippen molar-refractivity contribution in [2.45, 2.75) is 0 Å². The lowest BCUT2D eigenvalue weighted by Crippen LogP contribution is -1.95. The maximum Gasteiger partial charge on any atom is 0.335 e. The highest BCUT2D eigenvalue weighted by Gasteiger charge is 2.12. The molecule has 25 heavy (non-hydrogen) atoms. The van der Waals surface area contributed by atoms with E-state index in [1.165, 1.54) is 12.1 Å². The second kappa shape index (κ2) is 6.09. The summed E-state index contributed by atoms with van der Waals surface area (Å²) in [5.41, 5.74) is 2.57. The summed E-state index contributed by atoms with van der Waals surface area (Å²) in [6.07, 6.45) is 3.94. The molecule has 1 N–H and O–H groups in total. The average Bonchev–Trinajstić information content (AvgIpc) is 3.34. The van der Waals surface area contributed by atoms with E-state index in [0.717, 1.165) is 11.3 Å². The van der Waals surface area contributed by atoms with Crippen LogP contribution >= 0.6 is 0 Å². The number of carboxylic acid groups (broad SMARTS) is 1. The molecule has 0 aliphatic heterocycles. The Morgan fingerprint density at radius 1 is 0.880 bits per heavy atom. The fraction of sp³-hybridized carbons (Fsp3) is 0. The summed E-state index contributed by atoms with van der Waals surface area (Å²) in [4.78, 5) is 11.1. The van der Waals surface area contributed by atoms with Crippen molar-refractivity contribution in [1.29, 1.82) is 0 Å². The molecule has 0 saturated carbocycles. The maximum absolute atomic E-state index is 11.1. The lowest BCUT2D eigenvalue weighted by Gasteiger charge is -2.03. The Kier molecular flexibility index (Phi) is 3.63. The third-order valence-corrected chi connectivity index (χ3v) is 3.80. The first-order valence-electron chi connectivity index (χ1n) is 7.62. The zero-order valence-electron chi connectivity index (χ0n) is 13.0. The standard InChI is InChI=1S/C19H13N3O3/c23-19(24)15-5-3-4-14(12-15)18-21-20-17(25-18)13-6-8-16(9-7-13)22-10-1-2-11-22/h1-12H,(H,23,24). The number of carboxylic acids is 1. The molecule has 122 valence electrons. The molecule has 2 heterocycles. The third kappa shape index (κ3) is 2.92. The van der Waals surface area contributed by atoms with Gasteiger partial charge >= 0.3 is 5.97 Å². The molecule has 2 aromatic heterocycles. The van der Waals surface area contributed by atoms with Crippen LogP contribution in [0, 0.1) is 0 Å². The van der Waals surface area contributed by atoms with E-state index in [1.54, 1.807) is 12.1 Å². The summed E-state index contributed by atoms with van der Waals surface area (Å²) in [5.74, 6) is -0.329. The molecule has 6 heteroatoms. The number of benzene rings is 2. The van der Waals surface area contributed by atoms with Crippen molar-refractivity contribution >= 4 is 5.97 Å². The van der Waals surface area contributed by atoms with Gasteiger partial charge in [0, 0.05) is 29.2 Å². The molecule has 4 rings (SSSR count). The zero-order chi connectivity index (χ0) is 17.2. The number of rotatable bonds is 4. The van der Waals surface area contributed by atoms with Crippen LogP contribution in [0.15, 0.2) is 77.5 Å². The molecular weight excluding hydrogens is 318 g/mol. The van der Waals surface area contributed by atoms with Crippen molar-refractivity contribution in [1.82, 2.24) is 14.8 Å². The van der Waals surface area contributed by atoms with Crippen molar-refractivity contribution in [2.75, 3.05) is 0 Å². The Hall–Kier alpha value is -3.67.